The summed E-state index contributed by atoms with van der Waals surface area (Å²) < 4.78 is 0. The van der Waals surface area contributed by atoms with Crippen molar-refractivity contribution in [3.63, 3.8) is 0 Å². The average molecular weight is 480 g/mol. The Morgan fingerprint density at radius 2 is 0.667 bits per heavy atom. The smallest absolute Gasteiger partial charge is 0.198 e. The minimum absolute atomic E-state index is 0.119. The minimum atomic E-state index is -0.541. The number of phenols is 4. The predicted octanol–water partition coefficient (Wildman–Crippen LogP) is 3.75. The van der Waals surface area contributed by atoms with Crippen LogP contribution < -0.4 is 0 Å². The lowest BCUT2D eigenvalue weighted by Gasteiger charge is -2.18. The fourth-order valence-corrected chi connectivity index (χ4v) is 4.32. The first kappa shape index (κ1) is 22.5. The maximum absolute atomic E-state index is 12.2. The quantitative estimate of drug-likeness (QED) is 0.240. The van der Waals surface area contributed by atoms with Crippen LogP contribution in [0.3, 0.4) is 0 Å². The normalized spacial score (nSPS) is 13.1. The van der Waals surface area contributed by atoms with Gasteiger partial charge < -0.3 is 20.4 Å². The largest absolute Gasteiger partial charge is 0.504 e. The second-order valence-electron chi connectivity index (χ2n) is 8.12. The van der Waals surface area contributed by atoms with Gasteiger partial charge in [-0.3, -0.25) is 19.2 Å². The van der Waals surface area contributed by atoms with Gasteiger partial charge in [0, 0.05) is 33.4 Å². The maximum atomic E-state index is 12.2. The molecule has 6 rings (SSSR count). The van der Waals surface area contributed by atoms with Crippen LogP contribution in [0.5, 0.6) is 23.0 Å². The predicted molar refractivity (Wildman–Crippen MR) is 126 cm³/mol. The van der Waals surface area contributed by atoms with Crippen molar-refractivity contribution in [2.24, 2.45) is 0 Å². The molecule has 0 heterocycles. The molecule has 0 saturated carbocycles. The van der Waals surface area contributed by atoms with Crippen LogP contribution in [0, 0.1) is 0 Å². The van der Waals surface area contributed by atoms with E-state index in [4.69, 9.17) is 0 Å². The molecule has 36 heavy (non-hydrogen) atoms. The Morgan fingerprint density at radius 3 is 1.00 bits per heavy atom. The second-order valence-corrected chi connectivity index (χ2v) is 8.12. The van der Waals surface area contributed by atoms with Gasteiger partial charge in [0.15, 0.2) is 46.1 Å². The highest BCUT2D eigenvalue weighted by atomic mass is 16.3. The number of fused-ring (bicyclic) bond motifs is 4. The Bertz CT molecular complexity index is 1520. The van der Waals surface area contributed by atoms with Gasteiger partial charge in [0.25, 0.3) is 0 Å². The first-order chi connectivity index (χ1) is 17.2. The molecule has 0 radical (unpaired) electrons. The topological polar surface area (TPSA) is 149 Å². The number of phenolic OH excluding ortho intramolecular Hbond substituents is 4. The monoisotopic (exact) mass is 480 g/mol. The summed E-state index contributed by atoms with van der Waals surface area (Å²) >= 11 is 0. The SMILES string of the molecule is O=C1c2ccccc2C(=O)c2c1ccc(O)c2O.O=C1c2ccccc2C(=O)c2c1ccc(O)c2O. The van der Waals surface area contributed by atoms with E-state index in [1.54, 1.807) is 36.4 Å². The van der Waals surface area contributed by atoms with Crippen LogP contribution >= 0.6 is 0 Å². The molecule has 2 aliphatic rings. The molecule has 0 atom stereocenters. The number of carbonyl (C=O) groups is 4. The van der Waals surface area contributed by atoms with Crippen LogP contribution in [0.25, 0.3) is 0 Å². The molecule has 4 aromatic rings. The van der Waals surface area contributed by atoms with Gasteiger partial charge >= 0.3 is 0 Å². The van der Waals surface area contributed by atoms with Crippen molar-refractivity contribution in [2.45, 2.75) is 0 Å². The Labute approximate surface area is 203 Å². The summed E-state index contributed by atoms with van der Waals surface area (Å²) in [7, 11) is 0. The fraction of sp³-hybridized carbons (Fsp3) is 0. The Kier molecular flexibility index (Phi) is 5.14. The van der Waals surface area contributed by atoms with E-state index in [1.165, 1.54) is 36.4 Å². The minimum Gasteiger partial charge on any atom is -0.504 e. The van der Waals surface area contributed by atoms with E-state index in [2.05, 4.69) is 0 Å². The number of benzene rings is 4. The molecule has 176 valence electrons. The lowest BCUT2D eigenvalue weighted by Crippen LogP contribution is -2.20. The summed E-state index contributed by atoms with van der Waals surface area (Å²) in [5, 5.41) is 38.3. The summed E-state index contributed by atoms with van der Waals surface area (Å²) in [5.74, 6) is -3.45. The molecule has 4 aromatic carbocycles. The summed E-state index contributed by atoms with van der Waals surface area (Å²) in [5.41, 5.74) is 1.12. The zero-order valence-corrected chi connectivity index (χ0v) is 18.4. The van der Waals surface area contributed by atoms with Crippen LogP contribution in [0.15, 0.2) is 72.8 Å². The number of aromatic hydroxyl groups is 4. The number of ketones is 4. The molecule has 0 aliphatic heterocycles. The molecular weight excluding hydrogens is 464 g/mol. The first-order valence-corrected chi connectivity index (χ1v) is 10.7. The van der Waals surface area contributed by atoms with Gasteiger partial charge in [-0.05, 0) is 24.3 Å². The van der Waals surface area contributed by atoms with Crippen molar-refractivity contribution < 1.29 is 39.6 Å². The van der Waals surface area contributed by atoms with Crippen molar-refractivity contribution in [1.29, 1.82) is 0 Å². The third-order valence-electron chi connectivity index (χ3n) is 6.09. The van der Waals surface area contributed by atoms with Crippen molar-refractivity contribution in [2.75, 3.05) is 0 Å². The standard InChI is InChI=1S/2C14H8O4/c2*15-10-6-5-9-11(14(10)18)13(17)8-4-2-1-3-7(8)12(9)16/h2*1-6,15,18H. The van der Waals surface area contributed by atoms with Gasteiger partial charge in [0.2, 0.25) is 0 Å². The summed E-state index contributed by atoms with van der Waals surface area (Å²) in [6, 6.07) is 17.9. The molecule has 0 bridgehead atoms. The molecule has 8 heteroatoms. The van der Waals surface area contributed by atoms with Crippen LogP contribution in [-0.2, 0) is 0 Å². The Hall–Kier alpha value is -5.24. The van der Waals surface area contributed by atoms with Gasteiger partial charge in [-0.2, -0.15) is 0 Å². The molecular formula is C28H16O8. The number of hydrogen-bond donors (Lipinski definition) is 4. The molecule has 4 N–H and O–H groups in total. The first-order valence-electron chi connectivity index (χ1n) is 10.7. The van der Waals surface area contributed by atoms with Crippen LogP contribution in [-0.4, -0.2) is 43.6 Å². The average Bonchev–Trinajstić information content (AvgIpc) is 2.89. The lowest BCUT2D eigenvalue weighted by molar-refractivity contribution is 0.0976. The molecule has 0 aromatic heterocycles. The van der Waals surface area contributed by atoms with E-state index < -0.39 is 34.6 Å². The number of carbonyl (C=O) groups excluding carboxylic acids is 4. The molecule has 8 nitrogen and oxygen atoms in total. The highest BCUT2D eigenvalue weighted by Gasteiger charge is 2.33. The van der Waals surface area contributed by atoms with Crippen molar-refractivity contribution in [1.82, 2.24) is 0 Å². The van der Waals surface area contributed by atoms with Crippen molar-refractivity contribution in [3.8, 4) is 23.0 Å². The highest BCUT2D eigenvalue weighted by Crippen LogP contribution is 2.38. The number of rotatable bonds is 0. The third-order valence-corrected chi connectivity index (χ3v) is 6.09. The molecule has 2 aliphatic carbocycles. The Morgan fingerprint density at radius 1 is 0.361 bits per heavy atom. The van der Waals surface area contributed by atoms with E-state index >= 15 is 0 Å². The van der Waals surface area contributed by atoms with Crippen LogP contribution in [0.2, 0.25) is 0 Å². The second kappa shape index (κ2) is 8.21. The van der Waals surface area contributed by atoms with Gasteiger partial charge in [-0.25, -0.2) is 0 Å². The van der Waals surface area contributed by atoms with E-state index in [1.807, 2.05) is 0 Å². The molecule has 0 fully saturated rings. The maximum Gasteiger partial charge on any atom is 0.198 e. The van der Waals surface area contributed by atoms with Gasteiger partial charge in [-0.15, -0.1) is 0 Å². The van der Waals surface area contributed by atoms with E-state index in [-0.39, 0.29) is 44.9 Å². The molecule has 0 saturated heterocycles. The van der Waals surface area contributed by atoms with Gasteiger partial charge in [0.05, 0.1) is 11.1 Å². The third kappa shape index (κ3) is 3.24. The van der Waals surface area contributed by atoms with Crippen LogP contribution in [0.4, 0.5) is 0 Å². The highest BCUT2D eigenvalue weighted by molar-refractivity contribution is 6.30. The van der Waals surface area contributed by atoms with Crippen LogP contribution in [0.1, 0.15) is 63.7 Å². The van der Waals surface area contributed by atoms with Crippen molar-refractivity contribution in [3.05, 3.63) is 117 Å². The lowest BCUT2D eigenvalue weighted by atomic mass is 9.83. The van der Waals surface area contributed by atoms with E-state index in [0.29, 0.717) is 11.1 Å². The zero-order chi connectivity index (χ0) is 25.7. The van der Waals surface area contributed by atoms with E-state index in [0.717, 1.165) is 0 Å². The fourth-order valence-electron chi connectivity index (χ4n) is 4.32. The summed E-state index contributed by atoms with van der Waals surface area (Å²) in [6.45, 7) is 0. The zero-order valence-electron chi connectivity index (χ0n) is 18.4. The summed E-state index contributed by atoms with van der Waals surface area (Å²) in [6.07, 6.45) is 0. The number of hydrogen-bond acceptors (Lipinski definition) is 8. The molecule has 0 unspecified atom stereocenters. The molecule has 0 spiro atoms. The molecule has 0 amide bonds. The Balaban J connectivity index is 0.000000148. The van der Waals surface area contributed by atoms with E-state index in [9.17, 15) is 39.6 Å². The van der Waals surface area contributed by atoms with Gasteiger partial charge in [0.1, 0.15) is 0 Å². The summed E-state index contributed by atoms with van der Waals surface area (Å²) in [4.78, 5) is 48.8. The van der Waals surface area contributed by atoms with Gasteiger partial charge in [-0.1, -0.05) is 48.5 Å². The van der Waals surface area contributed by atoms with Crippen molar-refractivity contribution >= 4 is 23.1 Å².